The van der Waals surface area contributed by atoms with Crippen molar-refractivity contribution in [2.45, 2.75) is 25.7 Å². The Bertz CT molecular complexity index is 1150. The van der Waals surface area contributed by atoms with Gasteiger partial charge in [0, 0.05) is 55.8 Å². The fraction of sp³-hybridized carbons (Fsp3) is 0.321. The van der Waals surface area contributed by atoms with Gasteiger partial charge in [-0.15, -0.1) is 0 Å². The molecule has 1 amide bonds. The number of fused-ring (bicyclic) bond motifs is 1. The van der Waals surface area contributed by atoms with Gasteiger partial charge >= 0.3 is 0 Å². The van der Waals surface area contributed by atoms with E-state index >= 15 is 0 Å². The van der Waals surface area contributed by atoms with E-state index in [0.29, 0.717) is 17.9 Å². The molecule has 174 valence electrons. The molecule has 2 N–H and O–H groups in total. The maximum absolute atomic E-state index is 12.5. The van der Waals surface area contributed by atoms with Crippen LogP contribution in [0.25, 0.3) is 16.8 Å². The molecule has 0 radical (unpaired) electrons. The minimum atomic E-state index is -0.159. The molecule has 0 aliphatic carbocycles. The van der Waals surface area contributed by atoms with Crippen molar-refractivity contribution in [3.8, 4) is 0 Å². The molecule has 0 aromatic heterocycles. The number of rotatable bonds is 9. The maximum Gasteiger partial charge on any atom is 0.251 e. The number of amides is 1. The summed E-state index contributed by atoms with van der Waals surface area (Å²) < 4.78 is 0. The van der Waals surface area contributed by atoms with Crippen molar-refractivity contribution >= 4 is 46.8 Å². The molecule has 4 nitrogen and oxygen atoms in total. The van der Waals surface area contributed by atoms with Crippen molar-refractivity contribution in [3.05, 3.63) is 77.4 Å². The zero-order valence-corrected chi connectivity index (χ0v) is 21.2. The van der Waals surface area contributed by atoms with Crippen LogP contribution in [0.3, 0.4) is 0 Å². The first-order valence-corrected chi connectivity index (χ1v) is 12.0. The zero-order valence-electron chi connectivity index (χ0n) is 20.3. The van der Waals surface area contributed by atoms with Crippen molar-refractivity contribution in [3.63, 3.8) is 0 Å². The van der Waals surface area contributed by atoms with Gasteiger partial charge in [0.05, 0.1) is 0 Å². The number of benzene rings is 3. The number of hydrogen-bond acceptors (Lipinski definition) is 4. The zero-order chi connectivity index (χ0) is 24.0. The van der Waals surface area contributed by atoms with E-state index in [4.69, 9.17) is 0 Å². The van der Waals surface area contributed by atoms with Crippen LogP contribution in [-0.4, -0.2) is 39.3 Å². The molecular formula is C28H35N3OS. The number of thiol groups is 1. The first-order valence-electron chi connectivity index (χ1n) is 11.4. The molecule has 0 fully saturated rings. The SMILES string of the molecule is CNc1ccc(C(=O)NCCS)cc1C(C)(C)C/C=C/c1ccc(N(C)C)c2ccccc12. The average Bonchev–Trinajstić information content (AvgIpc) is 2.81. The number of carbonyl (C=O) groups is 1. The van der Waals surface area contributed by atoms with Crippen LogP contribution in [-0.2, 0) is 5.41 Å². The van der Waals surface area contributed by atoms with E-state index in [9.17, 15) is 4.79 Å². The van der Waals surface area contributed by atoms with Gasteiger partial charge in [-0.1, -0.05) is 56.3 Å². The van der Waals surface area contributed by atoms with Crippen LogP contribution in [0.2, 0.25) is 0 Å². The Kier molecular flexibility index (Phi) is 8.09. The van der Waals surface area contributed by atoms with E-state index in [-0.39, 0.29) is 11.3 Å². The lowest BCUT2D eigenvalue weighted by molar-refractivity contribution is 0.0956. The van der Waals surface area contributed by atoms with Crippen LogP contribution >= 0.6 is 12.6 Å². The molecule has 0 aliphatic rings. The van der Waals surface area contributed by atoms with Crippen LogP contribution in [0.5, 0.6) is 0 Å². The summed E-state index contributed by atoms with van der Waals surface area (Å²) in [6.07, 6.45) is 5.29. The smallest absolute Gasteiger partial charge is 0.251 e. The van der Waals surface area contributed by atoms with Gasteiger partial charge < -0.3 is 15.5 Å². The molecule has 0 bridgehead atoms. The Morgan fingerprint density at radius 2 is 1.79 bits per heavy atom. The van der Waals surface area contributed by atoms with Gasteiger partial charge in [-0.3, -0.25) is 4.79 Å². The third-order valence-corrected chi connectivity index (χ3v) is 6.24. The lowest BCUT2D eigenvalue weighted by atomic mass is 9.79. The predicted octanol–water partition coefficient (Wildman–Crippen LogP) is 5.99. The highest BCUT2D eigenvalue weighted by molar-refractivity contribution is 7.80. The normalized spacial score (nSPS) is 11.7. The third-order valence-electron chi connectivity index (χ3n) is 6.02. The van der Waals surface area contributed by atoms with Gasteiger partial charge in [-0.2, -0.15) is 12.6 Å². The minimum absolute atomic E-state index is 0.0632. The lowest BCUT2D eigenvalue weighted by Gasteiger charge is -2.27. The van der Waals surface area contributed by atoms with E-state index in [2.05, 4.69) is 105 Å². The Morgan fingerprint density at radius 3 is 2.45 bits per heavy atom. The second-order valence-electron chi connectivity index (χ2n) is 9.09. The Morgan fingerprint density at radius 1 is 1.06 bits per heavy atom. The largest absolute Gasteiger partial charge is 0.388 e. The molecule has 0 saturated heterocycles. The Balaban J connectivity index is 1.88. The second-order valence-corrected chi connectivity index (χ2v) is 9.54. The molecule has 0 spiro atoms. The fourth-order valence-electron chi connectivity index (χ4n) is 4.17. The van der Waals surface area contributed by atoms with E-state index in [0.717, 1.165) is 17.7 Å². The number of nitrogens with zero attached hydrogens (tertiary/aromatic N) is 1. The summed E-state index contributed by atoms with van der Waals surface area (Å²) in [5.74, 6) is 0.556. The van der Waals surface area contributed by atoms with Crippen molar-refractivity contribution in [1.29, 1.82) is 0 Å². The monoisotopic (exact) mass is 461 g/mol. The van der Waals surface area contributed by atoms with Crippen molar-refractivity contribution in [1.82, 2.24) is 5.32 Å². The van der Waals surface area contributed by atoms with Crippen molar-refractivity contribution in [2.24, 2.45) is 0 Å². The second kappa shape index (κ2) is 10.8. The Labute approximate surface area is 203 Å². The number of nitrogens with one attached hydrogen (secondary N) is 2. The van der Waals surface area contributed by atoms with Gasteiger partial charge in [0.25, 0.3) is 5.91 Å². The minimum Gasteiger partial charge on any atom is -0.388 e. The van der Waals surface area contributed by atoms with E-state index in [1.165, 1.54) is 22.0 Å². The summed E-state index contributed by atoms with van der Waals surface area (Å²) in [6, 6.07) is 18.8. The summed E-state index contributed by atoms with van der Waals surface area (Å²) in [4.78, 5) is 14.6. The molecule has 0 heterocycles. The summed E-state index contributed by atoms with van der Waals surface area (Å²) in [5, 5.41) is 8.69. The summed E-state index contributed by atoms with van der Waals surface area (Å²) in [6.45, 7) is 4.99. The maximum atomic E-state index is 12.5. The first-order chi connectivity index (χ1) is 15.8. The van der Waals surface area contributed by atoms with Gasteiger partial charge in [-0.25, -0.2) is 0 Å². The third kappa shape index (κ3) is 5.72. The van der Waals surface area contributed by atoms with E-state index < -0.39 is 0 Å². The van der Waals surface area contributed by atoms with Gasteiger partial charge in [0.1, 0.15) is 0 Å². The lowest BCUT2D eigenvalue weighted by Crippen LogP contribution is -2.26. The summed E-state index contributed by atoms with van der Waals surface area (Å²) in [7, 11) is 6.07. The van der Waals surface area contributed by atoms with Crippen LogP contribution < -0.4 is 15.5 Å². The van der Waals surface area contributed by atoms with Crippen LogP contribution in [0.4, 0.5) is 11.4 Å². The molecule has 33 heavy (non-hydrogen) atoms. The molecule has 0 saturated carbocycles. The molecule has 3 aromatic rings. The highest BCUT2D eigenvalue weighted by atomic mass is 32.1. The predicted molar refractivity (Wildman–Crippen MR) is 147 cm³/mol. The highest BCUT2D eigenvalue weighted by Gasteiger charge is 2.24. The standard InChI is InChI=1S/C28H35N3OS/c1-28(2,24-19-21(12-14-25(24)29-3)27(32)30-17-18-33)16-8-9-20-13-15-26(31(4)5)23-11-7-6-10-22(20)23/h6-15,19,29,33H,16-18H2,1-5H3,(H,30,32)/b9-8+. The number of anilines is 2. The van der Waals surface area contributed by atoms with Gasteiger partial charge in [-0.05, 0) is 52.6 Å². The highest BCUT2D eigenvalue weighted by Crippen LogP contribution is 2.35. The molecule has 3 rings (SSSR count). The molecule has 5 heteroatoms. The fourth-order valence-corrected chi connectivity index (χ4v) is 4.28. The summed E-state index contributed by atoms with van der Waals surface area (Å²) >= 11 is 4.18. The van der Waals surface area contributed by atoms with E-state index in [1.807, 2.05) is 25.2 Å². The Hall–Kier alpha value is -2.92. The first kappa shape index (κ1) is 24.7. The van der Waals surface area contributed by atoms with Gasteiger partial charge in [0.2, 0.25) is 0 Å². The molecule has 0 unspecified atom stereocenters. The summed E-state index contributed by atoms with van der Waals surface area (Å²) in [5.41, 5.74) is 5.11. The number of allylic oxidation sites excluding steroid dienone is 1. The van der Waals surface area contributed by atoms with Crippen LogP contribution in [0.15, 0.2) is 60.7 Å². The molecular weight excluding hydrogens is 426 g/mol. The quantitative estimate of drug-likeness (QED) is 0.343. The topological polar surface area (TPSA) is 44.4 Å². The van der Waals surface area contributed by atoms with E-state index in [1.54, 1.807) is 0 Å². The van der Waals surface area contributed by atoms with Crippen molar-refractivity contribution < 1.29 is 4.79 Å². The molecule has 0 atom stereocenters. The van der Waals surface area contributed by atoms with Crippen LogP contribution in [0, 0.1) is 0 Å². The number of hydrogen-bond donors (Lipinski definition) is 3. The van der Waals surface area contributed by atoms with Gasteiger partial charge in [0.15, 0.2) is 0 Å². The average molecular weight is 462 g/mol. The number of carbonyl (C=O) groups excluding carboxylic acids is 1. The molecule has 3 aromatic carbocycles. The molecule has 0 aliphatic heterocycles. The van der Waals surface area contributed by atoms with Crippen LogP contribution in [0.1, 0.15) is 41.8 Å². The van der Waals surface area contributed by atoms with Crippen molar-refractivity contribution in [2.75, 3.05) is 43.7 Å².